The summed E-state index contributed by atoms with van der Waals surface area (Å²) in [7, 11) is 2.02. The molecule has 0 atom stereocenters. The first-order valence-corrected chi connectivity index (χ1v) is 5.03. The molecule has 3 heteroatoms. The van der Waals surface area contributed by atoms with Crippen molar-refractivity contribution in [1.82, 2.24) is 4.90 Å². The molecule has 1 aromatic rings. The molecule has 78 valence electrons. The fraction of sp³-hybridized carbons (Fsp3) is 0.250. The zero-order chi connectivity index (χ0) is 10.7. The van der Waals surface area contributed by atoms with Gasteiger partial charge in [-0.15, -0.1) is 0 Å². The molecule has 0 aliphatic carbocycles. The smallest absolute Gasteiger partial charge is 0.203 e. The number of nitrogens with zero attached hydrogens (tertiary/aromatic N) is 2. The Hall–Kier alpha value is -1.77. The van der Waals surface area contributed by atoms with E-state index in [1.54, 1.807) is 0 Å². The van der Waals surface area contributed by atoms with Crippen LogP contribution in [0.15, 0.2) is 41.5 Å². The van der Waals surface area contributed by atoms with Crippen LogP contribution < -0.4 is 5.32 Å². The molecule has 0 unspecified atom stereocenters. The molecule has 0 fully saturated rings. The largest absolute Gasteiger partial charge is 0.342 e. The van der Waals surface area contributed by atoms with Gasteiger partial charge in [0.25, 0.3) is 0 Å². The molecule has 0 saturated carbocycles. The monoisotopic (exact) mass is 201 g/mol. The molecule has 0 aromatic heterocycles. The maximum atomic E-state index is 4.28. The predicted octanol–water partition coefficient (Wildman–Crippen LogP) is 2.22. The van der Waals surface area contributed by atoms with E-state index in [-0.39, 0.29) is 0 Å². The molecule has 1 aromatic carbocycles. The molecule has 3 nitrogen and oxygen atoms in total. The quantitative estimate of drug-likeness (QED) is 0.754. The number of hydrogen-bond acceptors (Lipinski definition) is 3. The Kier molecular flexibility index (Phi) is 2.72. The summed E-state index contributed by atoms with van der Waals surface area (Å²) in [5.74, 6) is 0.890. The van der Waals surface area contributed by atoms with Crippen LogP contribution in [0, 0.1) is 6.92 Å². The van der Waals surface area contributed by atoms with E-state index >= 15 is 0 Å². The molecular formula is C12H15N3. The first kappa shape index (κ1) is 9.77. The van der Waals surface area contributed by atoms with E-state index in [2.05, 4.69) is 46.4 Å². The highest BCUT2D eigenvalue weighted by molar-refractivity contribution is 5.94. The van der Waals surface area contributed by atoms with Crippen LogP contribution in [0.2, 0.25) is 0 Å². The average molecular weight is 201 g/mol. The van der Waals surface area contributed by atoms with Crippen LogP contribution in [0.4, 0.5) is 5.69 Å². The Bertz CT molecular complexity index is 390. The third kappa shape index (κ3) is 2.37. The van der Waals surface area contributed by atoms with Crippen LogP contribution >= 0.6 is 0 Å². The van der Waals surface area contributed by atoms with Gasteiger partial charge in [0.15, 0.2) is 0 Å². The van der Waals surface area contributed by atoms with Gasteiger partial charge in [0, 0.05) is 25.5 Å². The maximum Gasteiger partial charge on any atom is 0.203 e. The lowest BCUT2D eigenvalue weighted by molar-refractivity contribution is 0.554. The van der Waals surface area contributed by atoms with E-state index in [0.717, 1.165) is 18.2 Å². The van der Waals surface area contributed by atoms with Gasteiger partial charge in [-0.2, -0.15) is 0 Å². The normalized spacial score (nSPS) is 15.1. The SMILES string of the molecule is Cc1ccc(NC2=NC=CCN2C)cc1. The lowest BCUT2D eigenvalue weighted by Crippen LogP contribution is -2.34. The van der Waals surface area contributed by atoms with Crippen LogP contribution in [0.5, 0.6) is 0 Å². The second kappa shape index (κ2) is 4.17. The van der Waals surface area contributed by atoms with Crippen molar-refractivity contribution in [1.29, 1.82) is 0 Å². The Labute approximate surface area is 90.1 Å². The van der Waals surface area contributed by atoms with Gasteiger partial charge >= 0.3 is 0 Å². The summed E-state index contributed by atoms with van der Waals surface area (Å²) in [4.78, 5) is 6.35. The van der Waals surface area contributed by atoms with E-state index in [9.17, 15) is 0 Å². The fourth-order valence-corrected chi connectivity index (χ4v) is 1.41. The first-order valence-electron chi connectivity index (χ1n) is 5.03. The average Bonchev–Trinajstić information content (AvgIpc) is 2.25. The molecule has 0 radical (unpaired) electrons. The molecule has 1 aliphatic heterocycles. The molecule has 1 heterocycles. The van der Waals surface area contributed by atoms with Gasteiger partial charge in [-0.1, -0.05) is 17.7 Å². The Balaban J connectivity index is 2.11. The number of benzene rings is 1. The fourth-order valence-electron chi connectivity index (χ4n) is 1.41. The van der Waals surface area contributed by atoms with E-state index in [1.807, 2.05) is 19.3 Å². The van der Waals surface area contributed by atoms with Crippen molar-refractivity contribution in [3.8, 4) is 0 Å². The predicted molar refractivity (Wildman–Crippen MR) is 64.0 cm³/mol. The Morgan fingerprint density at radius 1 is 1.27 bits per heavy atom. The van der Waals surface area contributed by atoms with Gasteiger partial charge in [0.2, 0.25) is 5.96 Å². The number of hydrogen-bond donors (Lipinski definition) is 1. The van der Waals surface area contributed by atoms with Gasteiger partial charge in [-0.05, 0) is 25.1 Å². The summed E-state index contributed by atoms with van der Waals surface area (Å²) in [5.41, 5.74) is 2.33. The molecule has 0 saturated heterocycles. The molecule has 1 N–H and O–H groups in total. The van der Waals surface area contributed by atoms with Crippen LogP contribution in [-0.4, -0.2) is 24.5 Å². The first-order chi connectivity index (χ1) is 7.25. The second-order valence-corrected chi connectivity index (χ2v) is 3.71. The number of aryl methyl sites for hydroxylation is 1. The molecule has 0 bridgehead atoms. The number of aliphatic imine (C=N–C) groups is 1. The maximum absolute atomic E-state index is 4.28. The third-order valence-electron chi connectivity index (χ3n) is 2.35. The van der Waals surface area contributed by atoms with Crippen molar-refractivity contribution in [2.24, 2.45) is 4.99 Å². The van der Waals surface area contributed by atoms with Crippen molar-refractivity contribution in [2.45, 2.75) is 6.92 Å². The highest BCUT2D eigenvalue weighted by atomic mass is 15.3. The molecular weight excluding hydrogens is 186 g/mol. The summed E-state index contributed by atoms with van der Waals surface area (Å²) >= 11 is 0. The van der Waals surface area contributed by atoms with Crippen LogP contribution in [0.25, 0.3) is 0 Å². The topological polar surface area (TPSA) is 27.6 Å². The highest BCUT2D eigenvalue weighted by Gasteiger charge is 2.06. The summed E-state index contributed by atoms with van der Waals surface area (Å²) < 4.78 is 0. The molecule has 2 rings (SSSR count). The Morgan fingerprint density at radius 2 is 2.00 bits per heavy atom. The molecule has 15 heavy (non-hydrogen) atoms. The van der Waals surface area contributed by atoms with E-state index in [4.69, 9.17) is 0 Å². The summed E-state index contributed by atoms with van der Waals surface area (Å²) in [6.45, 7) is 2.98. The highest BCUT2D eigenvalue weighted by Crippen LogP contribution is 2.10. The lowest BCUT2D eigenvalue weighted by Gasteiger charge is -2.22. The molecule has 1 aliphatic rings. The van der Waals surface area contributed by atoms with Gasteiger partial charge in [0.05, 0.1) is 0 Å². The standard InChI is InChI=1S/C12H15N3/c1-10-4-6-11(7-5-10)14-12-13-8-3-9-15(12)2/h3-8H,9H2,1-2H3,(H,13,14). The number of nitrogens with one attached hydrogen (secondary N) is 1. The molecule has 0 spiro atoms. The van der Waals surface area contributed by atoms with Gasteiger partial charge in [-0.3, -0.25) is 0 Å². The summed E-state index contributed by atoms with van der Waals surface area (Å²) in [6.07, 6.45) is 3.86. The lowest BCUT2D eigenvalue weighted by atomic mass is 10.2. The number of guanidine groups is 1. The van der Waals surface area contributed by atoms with Crippen molar-refractivity contribution in [3.05, 3.63) is 42.1 Å². The summed E-state index contributed by atoms with van der Waals surface area (Å²) in [5, 5.41) is 3.28. The third-order valence-corrected chi connectivity index (χ3v) is 2.35. The van der Waals surface area contributed by atoms with E-state index in [1.165, 1.54) is 5.56 Å². The van der Waals surface area contributed by atoms with Gasteiger partial charge < -0.3 is 10.2 Å². The second-order valence-electron chi connectivity index (χ2n) is 3.71. The van der Waals surface area contributed by atoms with Crippen LogP contribution in [-0.2, 0) is 0 Å². The Morgan fingerprint density at radius 3 is 2.67 bits per heavy atom. The number of rotatable bonds is 1. The van der Waals surface area contributed by atoms with Crippen molar-refractivity contribution < 1.29 is 0 Å². The van der Waals surface area contributed by atoms with Crippen LogP contribution in [0.1, 0.15) is 5.56 Å². The zero-order valence-corrected chi connectivity index (χ0v) is 9.07. The van der Waals surface area contributed by atoms with Gasteiger partial charge in [-0.25, -0.2) is 4.99 Å². The minimum atomic E-state index is 0.890. The zero-order valence-electron chi connectivity index (χ0n) is 9.07. The van der Waals surface area contributed by atoms with Gasteiger partial charge in [0.1, 0.15) is 0 Å². The van der Waals surface area contributed by atoms with Crippen LogP contribution in [0.3, 0.4) is 0 Å². The van der Waals surface area contributed by atoms with Crippen molar-refractivity contribution >= 4 is 11.6 Å². The minimum Gasteiger partial charge on any atom is -0.342 e. The van der Waals surface area contributed by atoms with Crippen molar-refractivity contribution in [3.63, 3.8) is 0 Å². The summed E-state index contributed by atoms with van der Waals surface area (Å²) in [6, 6.07) is 8.29. The minimum absolute atomic E-state index is 0.890. The van der Waals surface area contributed by atoms with E-state index in [0.29, 0.717) is 0 Å². The number of likely N-dealkylation sites (N-methyl/N-ethyl adjacent to an activating group) is 1. The molecule has 0 amide bonds. The van der Waals surface area contributed by atoms with Crippen molar-refractivity contribution in [2.75, 3.05) is 18.9 Å². The number of anilines is 1. The van der Waals surface area contributed by atoms with E-state index < -0.39 is 0 Å².